The maximum absolute atomic E-state index is 14.9. The molecule has 9 amide bonds. The molecule has 10 atom stereocenters. The van der Waals surface area contributed by atoms with Crippen molar-refractivity contribution >= 4 is 98.0 Å². The molecule has 0 saturated carbocycles. The lowest BCUT2D eigenvalue weighted by Gasteiger charge is -2.29. The number of amides is 9. The Kier molecular flexibility index (Phi) is 27.4. The zero-order chi connectivity index (χ0) is 63.0. The van der Waals surface area contributed by atoms with Crippen LogP contribution in [0, 0.1) is 0 Å². The minimum absolute atomic E-state index is 0.00485. The van der Waals surface area contributed by atoms with Crippen molar-refractivity contribution in [3.63, 3.8) is 0 Å². The number of hydrogen-bond acceptors (Lipinski definition) is 18. The van der Waals surface area contributed by atoms with Crippen molar-refractivity contribution in [3.05, 3.63) is 124 Å². The fraction of sp³-hybridized carbons (Fsp3) is 0.404. The average Bonchev–Trinajstić information content (AvgIpc) is 2.71. The van der Waals surface area contributed by atoms with Crippen LogP contribution in [0.4, 0.5) is 5.69 Å². The molecule has 20 N–H and O–H groups in total. The van der Waals surface area contributed by atoms with Crippen molar-refractivity contribution in [1.82, 2.24) is 37.2 Å². The number of carbonyl (C=O) groups is 10. The Morgan fingerprint density at radius 3 is 1.70 bits per heavy atom. The highest BCUT2D eigenvalue weighted by Crippen LogP contribution is 2.25. The molecule has 0 aromatic heterocycles. The van der Waals surface area contributed by atoms with Gasteiger partial charge in [-0.25, -0.2) is 0 Å². The first-order chi connectivity index (χ1) is 40.9. The second kappa shape index (κ2) is 34.2. The highest BCUT2D eigenvalue weighted by Gasteiger charge is 2.37. The van der Waals surface area contributed by atoms with Crippen LogP contribution in [0.2, 0.25) is 5.02 Å². The van der Waals surface area contributed by atoms with Gasteiger partial charge in [-0.3, -0.25) is 47.9 Å². The van der Waals surface area contributed by atoms with Crippen molar-refractivity contribution in [3.8, 4) is 11.5 Å². The van der Waals surface area contributed by atoms with Crippen LogP contribution in [0.3, 0.4) is 0 Å². The monoisotopic (exact) mass is 1250 g/mol. The molecule has 26 nitrogen and oxygen atoms in total. The van der Waals surface area contributed by atoms with Crippen molar-refractivity contribution < 1.29 is 68.4 Å². The summed E-state index contributed by atoms with van der Waals surface area (Å²) in [5.74, 6) is -10.4. The van der Waals surface area contributed by atoms with E-state index in [4.69, 9.17) is 39.6 Å². The van der Waals surface area contributed by atoms with Gasteiger partial charge in [-0.05, 0) is 104 Å². The molecule has 5 rings (SSSR count). The summed E-state index contributed by atoms with van der Waals surface area (Å²) in [7, 11) is 1.87. The zero-order valence-electron chi connectivity index (χ0n) is 46.9. The normalized spacial score (nSPS) is 20.6. The van der Waals surface area contributed by atoms with Gasteiger partial charge in [0, 0.05) is 41.5 Å². The number of benzene rings is 4. The second-order valence-electron chi connectivity index (χ2n) is 20.5. The molecule has 0 radical (unpaired) electrons. The SMILES string of the molecule is C[C@@H](O)[C@@H]1NC(=O)[C@H](CCCCCN)NC(=O)[C@@H](Cc2ccc(NC(=O)[C@@H](N)CC(=O)O)cc2)NC(=O)[C@H](Cc2ccc(O)cc2)NC(=O)[C@H](NC(=O)[C@@H](N)Cc2ccc(Cl)cc2)CSSC[C@@H](C(=O)N[C@H](Cc2ccc(O)cc2)C(N)=O)NC1=O. The van der Waals surface area contributed by atoms with Gasteiger partial charge in [0.05, 0.1) is 24.6 Å². The van der Waals surface area contributed by atoms with Crippen molar-refractivity contribution in [2.24, 2.45) is 22.9 Å². The molecule has 0 unspecified atom stereocenters. The number of carboxylic acids is 1. The number of aliphatic hydroxyl groups excluding tert-OH is 1. The highest BCUT2D eigenvalue weighted by molar-refractivity contribution is 8.76. The average molecular weight is 1250 g/mol. The molecule has 0 aliphatic carbocycles. The van der Waals surface area contributed by atoms with E-state index in [-0.39, 0.29) is 60.8 Å². The molecule has 4 aromatic rings. The summed E-state index contributed by atoms with van der Waals surface area (Å²) in [6.45, 7) is 1.50. The largest absolute Gasteiger partial charge is 0.508 e. The number of phenols is 2. The van der Waals surface area contributed by atoms with Gasteiger partial charge >= 0.3 is 5.97 Å². The van der Waals surface area contributed by atoms with E-state index in [1.54, 1.807) is 24.3 Å². The quantitative estimate of drug-likeness (QED) is 0.0321. The summed E-state index contributed by atoms with van der Waals surface area (Å²) in [5.41, 5.74) is 25.8. The summed E-state index contributed by atoms with van der Waals surface area (Å²) in [4.78, 5) is 138. The first-order valence-electron chi connectivity index (χ1n) is 27.4. The van der Waals surface area contributed by atoms with Gasteiger partial charge in [-0.1, -0.05) is 94.6 Å². The lowest BCUT2D eigenvalue weighted by atomic mass is 10.0. The Morgan fingerprint density at radius 1 is 0.628 bits per heavy atom. The number of rotatable bonds is 23. The Hall–Kier alpha value is -7.99. The summed E-state index contributed by atoms with van der Waals surface area (Å²) in [6.07, 6.45) is -1.74. The third-order valence-corrected chi connectivity index (χ3v) is 16.2. The number of aromatic hydroxyl groups is 2. The number of unbranched alkanes of at least 4 members (excludes halogenated alkanes) is 2. The van der Waals surface area contributed by atoms with Crippen molar-refractivity contribution in [1.29, 1.82) is 0 Å². The third-order valence-electron chi connectivity index (χ3n) is 13.5. The minimum Gasteiger partial charge on any atom is -0.508 e. The number of halogens is 1. The third kappa shape index (κ3) is 22.8. The number of hydrogen-bond donors (Lipinski definition) is 16. The number of phenolic OH excluding ortho intramolecular Hbond substituents is 2. The van der Waals surface area contributed by atoms with Crippen LogP contribution in [-0.2, 0) is 73.6 Å². The topological polar surface area (TPSA) is 452 Å². The first-order valence-corrected chi connectivity index (χ1v) is 30.2. The maximum Gasteiger partial charge on any atom is 0.305 e. The van der Waals surface area contributed by atoms with Crippen LogP contribution in [0.5, 0.6) is 11.5 Å². The molecule has 1 aliphatic rings. The molecule has 29 heteroatoms. The van der Waals surface area contributed by atoms with Crippen LogP contribution >= 0.6 is 33.2 Å². The molecule has 0 bridgehead atoms. The Morgan fingerprint density at radius 2 is 1.14 bits per heavy atom. The molecule has 86 heavy (non-hydrogen) atoms. The van der Waals surface area contributed by atoms with E-state index in [0.29, 0.717) is 53.1 Å². The van der Waals surface area contributed by atoms with Gasteiger partial charge in [-0.15, -0.1) is 0 Å². The molecule has 464 valence electrons. The molecular weight excluding hydrogens is 1180 g/mol. The van der Waals surface area contributed by atoms with E-state index in [1.807, 2.05) is 0 Å². The summed E-state index contributed by atoms with van der Waals surface area (Å²) in [5, 5.41) is 61.5. The number of anilines is 1. The summed E-state index contributed by atoms with van der Waals surface area (Å²) < 4.78 is 0. The predicted molar refractivity (Wildman–Crippen MR) is 323 cm³/mol. The van der Waals surface area contributed by atoms with Gasteiger partial charge in [0.25, 0.3) is 0 Å². The number of aliphatic carboxylic acids is 1. The Balaban J connectivity index is 1.58. The van der Waals surface area contributed by atoms with Crippen LogP contribution in [0.25, 0.3) is 0 Å². The van der Waals surface area contributed by atoms with Gasteiger partial charge in [-0.2, -0.15) is 0 Å². The second-order valence-corrected chi connectivity index (χ2v) is 23.5. The first kappa shape index (κ1) is 68.8. The smallest absolute Gasteiger partial charge is 0.305 e. The molecule has 4 aromatic carbocycles. The lowest BCUT2D eigenvalue weighted by molar-refractivity contribution is -0.139. The molecule has 1 fully saturated rings. The number of aliphatic hydroxyl groups is 1. The molecular formula is C57H73ClN12O14S2. The van der Waals surface area contributed by atoms with Crippen LogP contribution in [0.15, 0.2) is 97.1 Å². The van der Waals surface area contributed by atoms with Gasteiger partial charge < -0.3 is 85.9 Å². The fourth-order valence-corrected chi connectivity index (χ4v) is 11.1. The van der Waals surface area contributed by atoms with E-state index in [1.165, 1.54) is 79.7 Å². The van der Waals surface area contributed by atoms with Gasteiger partial charge in [0.2, 0.25) is 53.2 Å². The van der Waals surface area contributed by atoms with E-state index >= 15 is 0 Å². The van der Waals surface area contributed by atoms with Crippen LogP contribution in [-0.4, -0.2) is 158 Å². The van der Waals surface area contributed by atoms with E-state index < -0.39 is 126 Å². The highest BCUT2D eigenvalue weighted by atomic mass is 35.5. The van der Waals surface area contributed by atoms with E-state index in [2.05, 4.69) is 42.5 Å². The van der Waals surface area contributed by atoms with Gasteiger partial charge in [0.1, 0.15) is 53.8 Å². The van der Waals surface area contributed by atoms with E-state index in [0.717, 1.165) is 21.6 Å². The van der Waals surface area contributed by atoms with Crippen molar-refractivity contribution in [2.75, 3.05) is 23.4 Å². The standard InChI is InChI=1S/C57H73ClN12O14S2/c1-30(71)48-57(84)69-46(55(82)65-42(49(62)76)24-33-10-18-37(72)19-11-33)29-86-85-28-45(68-51(78)39(60)23-31-6-14-35(58)15-7-31)56(83)67-44(26-34-12-20-38(73)21-13-34)54(81)66-43(53(80)64-41(52(79)70-48)5-3-2-4-22-59)25-32-8-16-36(17-9-32)63-50(77)40(61)27-47(74)75/h6-21,30,39-46,48,71-73H,2-5,22-29,59-61H2,1H3,(H2,62,76)(H,63,77)(H,64,80)(H,65,82)(H,66,81)(H,67,83)(H,68,78)(H,69,84)(H,70,79)(H,74,75)/t30-,39+,40+,41+,42-,43-,44+,45-,46+,48+/m1/s1. The minimum atomic E-state index is -1.79. The summed E-state index contributed by atoms with van der Waals surface area (Å²) >= 11 is 6.08. The molecule has 1 aliphatic heterocycles. The van der Waals surface area contributed by atoms with Crippen LogP contribution < -0.4 is 65.5 Å². The number of carbonyl (C=O) groups excluding carboxylic acids is 9. The molecule has 1 heterocycles. The van der Waals surface area contributed by atoms with Crippen LogP contribution in [0.1, 0.15) is 61.3 Å². The number of carboxylic acid groups (broad SMARTS) is 1. The zero-order valence-corrected chi connectivity index (χ0v) is 49.3. The Bertz CT molecular complexity index is 2990. The van der Waals surface area contributed by atoms with Gasteiger partial charge in [0.15, 0.2) is 0 Å². The number of nitrogens with two attached hydrogens (primary N) is 4. The predicted octanol–water partition coefficient (Wildman–Crippen LogP) is -0.737. The molecule has 1 saturated heterocycles. The molecule has 0 spiro atoms. The fourth-order valence-electron chi connectivity index (χ4n) is 8.64. The lowest BCUT2D eigenvalue weighted by Crippen LogP contribution is -2.62. The number of primary amides is 1. The maximum atomic E-state index is 14.9. The van der Waals surface area contributed by atoms with Crippen molar-refractivity contribution in [2.45, 2.75) is 125 Å². The summed E-state index contributed by atoms with van der Waals surface area (Å²) in [6, 6.07) is 10.4. The number of nitrogens with one attached hydrogen (secondary N) is 8. The van der Waals surface area contributed by atoms with E-state index in [9.17, 15) is 63.3 Å². The Labute approximate surface area is 508 Å².